The summed E-state index contributed by atoms with van der Waals surface area (Å²) in [6.45, 7) is 0. The molecule has 1 aromatic heterocycles. The zero-order valence-corrected chi connectivity index (χ0v) is 20.4. The first-order chi connectivity index (χ1) is 18.7. The zero-order valence-electron chi connectivity index (χ0n) is 20.4. The van der Waals surface area contributed by atoms with E-state index in [9.17, 15) is 22.8 Å². The number of aromatic amines is 1. The maximum Gasteiger partial charge on any atom is 0.416 e. The fourth-order valence-electron chi connectivity index (χ4n) is 4.11. The van der Waals surface area contributed by atoms with Gasteiger partial charge in [-0.3, -0.25) is 4.79 Å². The summed E-state index contributed by atoms with van der Waals surface area (Å²) in [4.78, 5) is 28.1. The number of methoxy groups -OCH3 is 1. The van der Waals surface area contributed by atoms with Crippen molar-refractivity contribution < 1.29 is 27.5 Å². The Morgan fingerprint density at radius 2 is 1.69 bits per heavy atom. The molecule has 4 aromatic rings. The quantitative estimate of drug-likeness (QED) is 0.173. The normalized spacial score (nSPS) is 13.5. The minimum atomic E-state index is -4.52. The van der Waals surface area contributed by atoms with Crippen molar-refractivity contribution in [2.75, 3.05) is 28.4 Å². The summed E-state index contributed by atoms with van der Waals surface area (Å²) < 4.78 is 44.3. The van der Waals surface area contributed by atoms with E-state index >= 15 is 0 Å². The fourth-order valence-corrected chi connectivity index (χ4v) is 4.11. The first-order valence-corrected chi connectivity index (χ1v) is 11.7. The van der Waals surface area contributed by atoms with Gasteiger partial charge in [-0.25, -0.2) is 4.79 Å². The van der Waals surface area contributed by atoms with Gasteiger partial charge in [0.1, 0.15) is 5.75 Å². The number of amides is 3. The average molecular weight is 534 g/mol. The fraction of sp³-hybridized carbons (Fsp3) is 0.0714. The first-order valence-electron chi connectivity index (χ1n) is 11.7. The van der Waals surface area contributed by atoms with Crippen molar-refractivity contribution in [1.82, 2.24) is 4.98 Å². The Hall–Kier alpha value is -5.19. The molecule has 2 heterocycles. The van der Waals surface area contributed by atoms with Crippen molar-refractivity contribution in [3.05, 3.63) is 95.8 Å². The van der Waals surface area contributed by atoms with Crippen molar-refractivity contribution in [3.8, 4) is 5.75 Å². The Balaban J connectivity index is 1.32. The molecule has 0 radical (unpaired) electrons. The first kappa shape index (κ1) is 25.5. The number of carbonyl (C=O) groups excluding carboxylic acids is 2. The molecule has 1 aliphatic rings. The van der Waals surface area contributed by atoms with E-state index in [0.717, 1.165) is 23.4 Å². The highest BCUT2D eigenvalue weighted by atomic mass is 19.4. The SMILES string of the molecule is COc1ccc(NC(=O)Nc2cccc(C(F)(F)F)c2)cc1Nc1ccc2c(c1)NC(=O)C2=Cc1ccc[nH]1. The number of hydrogen-bond donors (Lipinski definition) is 5. The van der Waals surface area contributed by atoms with Gasteiger partial charge in [0.15, 0.2) is 0 Å². The Kier molecular flexibility index (Phi) is 6.72. The molecular weight excluding hydrogens is 511 g/mol. The minimum Gasteiger partial charge on any atom is -0.495 e. The summed E-state index contributed by atoms with van der Waals surface area (Å²) in [5, 5.41) is 11.1. The Morgan fingerprint density at radius 1 is 0.923 bits per heavy atom. The molecule has 5 N–H and O–H groups in total. The van der Waals surface area contributed by atoms with Gasteiger partial charge >= 0.3 is 12.2 Å². The molecule has 0 spiro atoms. The maximum absolute atomic E-state index is 13.0. The third kappa shape index (κ3) is 5.72. The summed E-state index contributed by atoms with van der Waals surface area (Å²) in [5.41, 5.74) is 3.40. The Labute approximate surface area is 220 Å². The number of alkyl halides is 3. The predicted molar refractivity (Wildman–Crippen MR) is 144 cm³/mol. The van der Waals surface area contributed by atoms with Gasteiger partial charge < -0.3 is 31.0 Å². The third-order valence-electron chi connectivity index (χ3n) is 5.91. The maximum atomic E-state index is 13.0. The molecule has 8 nitrogen and oxygen atoms in total. The molecule has 0 unspecified atom stereocenters. The summed E-state index contributed by atoms with van der Waals surface area (Å²) in [6.07, 6.45) is -0.972. The van der Waals surface area contributed by atoms with Gasteiger partial charge in [-0.2, -0.15) is 13.2 Å². The molecular formula is C28H22F3N5O3. The van der Waals surface area contributed by atoms with Crippen LogP contribution in [0.1, 0.15) is 16.8 Å². The number of urea groups is 1. The van der Waals surface area contributed by atoms with Gasteiger partial charge in [0.2, 0.25) is 0 Å². The zero-order chi connectivity index (χ0) is 27.6. The lowest BCUT2D eigenvalue weighted by molar-refractivity contribution is -0.137. The monoisotopic (exact) mass is 533 g/mol. The van der Waals surface area contributed by atoms with Crippen molar-refractivity contribution >= 4 is 52.0 Å². The smallest absolute Gasteiger partial charge is 0.416 e. The number of hydrogen-bond acceptors (Lipinski definition) is 4. The second-order valence-electron chi connectivity index (χ2n) is 8.60. The molecule has 198 valence electrons. The lowest BCUT2D eigenvalue weighted by Crippen LogP contribution is -2.20. The molecule has 0 atom stereocenters. The van der Waals surface area contributed by atoms with Crippen LogP contribution >= 0.6 is 0 Å². The number of fused-ring (bicyclic) bond motifs is 1. The third-order valence-corrected chi connectivity index (χ3v) is 5.91. The molecule has 0 saturated carbocycles. The van der Waals surface area contributed by atoms with Crippen LogP contribution in [0.5, 0.6) is 5.75 Å². The highest BCUT2D eigenvalue weighted by Crippen LogP contribution is 2.37. The van der Waals surface area contributed by atoms with E-state index in [1.54, 1.807) is 36.5 Å². The number of H-pyrrole nitrogens is 1. The topological polar surface area (TPSA) is 107 Å². The Morgan fingerprint density at radius 3 is 2.41 bits per heavy atom. The largest absolute Gasteiger partial charge is 0.495 e. The van der Waals surface area contributed by atoms with Crippen LogP contribution in [0.15, 0.2) is 79.0 Å². The molecule has 0 fully saturated rings. The lowest BCUT2D eigenvalue weighted by atomic mass is 10.1. The lowest BCUT2D eigenvalue weighted by Gasteiger charge is -2.15. The molecule has 1 aliphatic heterocycles. The molecule has 0 bridgehead atoms. The van der Waals surface area contributed by atoms with Crippen LogP contribution in [-0.2, 0) is 11.0 Å². The van der Waals surface area contributed by atoms with Crippen LogP contribution in [0, 0.1) is 0 Å². The molecule has 0 aliphatic carbocycles. The van der Waals surface area contributed by atoms with Crippen LogP contribution in [0.3, 0.4) is 0 Å². The van der Waals surface area contributed by atoms with Gasteiger partial charge in [0.25, 0.3) is 5.91 Å². The van der Waals surface area contributed by atoms with Crippen LogP contribution in [-0.4, -0.2) is 24.0 Å². The number of anilines is 5. The summed E-state index contributed by atoms with van der Waals surface area (Å²) >= 11 is 0. The van der Waals surface area contributed by atoms with Crippen LogP contribution in [0.2, 0.25) is 0 Å². The second-order valence-corrected chi connectivity index (χ2v) is 8.60. The van der Waals surface area contributed by atoms with E-state index in [-0.39, 0.29) is 11.6 Å². The molecule has 11 heteroatoms. The number of carbonyl (C=O) groups is 2. The van der Waals surface area contributed by atoms with Gasteiger partial charge in [-0.15, -0.1) is 0 Å². The van der Waals surface area contributed by atoms with Crippen molar-refractivity contribution in [2.24, 2.45) is 0 Å². The van der Waals surface area contributed by atoms with Crippen LogP contribution < -0.4 is 26.0 Å². The van der Waals surface area contributed by atoms with E-state index in [2.05, 4.69) is 26.3 Å². The van der Waals surface area contributed by atoms with Crippen LogP contribution in [0.25, 0.3) is 11.6 Å². The van der Waals surface area contributed by atoms with E-state index < -0.39 is 17.8 Å². The number of benzene rings is 3. The van der Waals surface area contributed by atoms with Crippen molar-refractivity contribution in [3.63, 3.8) is 0 Å². The van der Waals surface area contributed by atoms with Gasteiger partial charge in [-0.05, 0) is 66.7 Å². The predicted octanol–water partition coefficient (Wildman–Crippen LogP) is 6.92. The van der Waals surface area contributed by atoms with E-state index in [1.807, 2.05) is 24.3 Å². The van der Waals surface area contributed by atoms with E-state index in [1.165, 1.54) is 19.2 Å². The molecule has 39 heavy (non-hydrogen) atoms. The molecule has 5 rings (SSSR count). The average Bonchev–Trinajstić information content (AvgIpc) is 3.51. The van der Waals surface area contributed by atoms with Gasteiger partial charge in [-0.1, -0.05) is 12.1 Å². The van der Waals surface area contributed by atoms with E-state index in [4.69, 9.17) is 4.74 Å². The Bertz CT molecular complexity index is 1580. The molecule has 3 aromatic carbocycles. The number of ether oxygens (including phenoxy) is 1. The summed E-state index contributed by atoms with van der Waals surface area (Å²) in [5.74, 6) is 0.267. The van der Waals surface area contributed by atoms with Crippen LogP contribution in [0.4, 0.5) is 46.4 Å². The standard InChI is InChI=1S/C28H22F3N5O3/c1-39-25-10-8-20(35-27(38)34-18-5-2-4-16(12-18)28(29,30)31)15-24(25)33-19-7-9-21-22(13-17-6-3-11-32-17)26(37)36-23(21)14-19/h2-15,32-33H,1H3,(H,36,37)(H2,34,35,38). The van der Waals surface area contributed by atoms with Crippen molar-refractivity contribution in [2.45, 2.75) is 6.18 Å². The van der Waals surface area contributed by atoms with Crippen molar-refractivity contribution in [1.29, 1.82) is 0 Å². The molecule has 0 saturated heterocycles. The number of aromatic nitrogens is 1. The highest BCUT2D eigenvalue weighted by Gasteiger charge is 2.30. The minimum absolute atomic E-state index is 0.000872. The van der Waals surface area contributed by atoms with Gasteiger partial charge in [0, 0.05) is 34.5 Å². The molecule has 3 amide bonds. The van der Waals surface area contributed by atoms with Gasteiger partial charge in [0.05, 0.1) is 29.6 Å². The number of halogens is 3. The number of nitrogens with one attached hydrogen (secondary N) is 5. The summed E-state index contributed by atoms with van der Waals surface area (Å²) in [7, 11) is 1.49. The second kappa shape index (κ2) is 10.3. The summed E-state index contributed by atoms with van der Waals surface area (Å²) in [6, 6.07) is 17.6. The number of rotatable bonds is 6. The van der Waals surface area contributed by atoms with E-state index in [0.29, 0.717) is 34.1 Å². The highest BCUT2D eigenvalue weighted by molar-refractivity contribution is 6.35.